The Morgan fingerprint density at radius 1 is 1.19 bits per heavy atom. The number of aromatic nitrogens is 2. The largest absolute Gasteiger partial charge is 0.485 e. The second kappa shape index (κ2) is 11.4. The van der Waals surface area contributed by atoms with Gasteiger partial charge in [0, 0.05) is 36.5 Å². The maximum Gasteiger partial charge on any atom is 0.166 e. The molecule has 6 nitrogen and oxygen atoms in total. The van der Waals surface area contributed by atoms with Crippen LogP contribution in [0, 0.1) is 17.8 Å². The molecule has 0 spiro atoms. The topological polar surface area (TPSA) is 73.5 Å². The average Bonchev–Trinajstić information content (AvgIpc) is 3.38. The average molecular weight is 505 g/mol. The minimum absolute atomic E-state index is 0.281. The summed E-state index contributed by atoms with van der Waals surface area (Å²) in [5.74, 6) is 8.30. The molecule has 3 heterocycles. The van der Waals surface area contributed by atoms with Gasteiger partial charge in [0.05, 0.1) is 9.88 Å². The number of ether oxygens (including phenoxy) is 2. The van der Waals surface area contributed by atoms with E-state index >= 15 is 0 Å². The normalized spacial score (nSPS) is 16.4. The van der Waals surface area contributed by atoms with Crippen molar-refractivity contribution in [3.8, 4) is 28.0 Å². The molecule has 7 heteroatoms. The molecule has 1 unspecified atom stereocenters. The Morgan fingerprint density at radius 2 is 1.97 bits per heavy atom. The van der Waals surface area contributed by atoms with Gasteiger partial charge in [-0.05, 0) is 69.6 Å². The van der Waals surface area contributed by atoms with E-state index in [0.29, 0.717) is 24.1 Å². The lowest BCUT2D eigenvalue weighted by Gasteiger charge is -2.27. The molecule has 0 amide bonds. The van der Waals surface area contributed by atoms with Crippen molar-refractivity contribution in [1.29, 1.82) is 0 Å². The number of pyridine rings is 1. The third kappa shape index (κ3) is 6.25. The van der Waals surface area contributed by atoms with Gasteiger partial charge in [-0.25, -0.2) is 9.97 Å². The number of rotatable bonds is 7. The number of nitrogen functional groups attached to an aromatic ring is 1. The van der Waals surface area contributed by atoms with Crippen molar-refractivity contribution in [2.75, 3.05) is 33.0 Å². The molecule has 1 aliphatic heterocycles. The molecule has 1 atom stereocenters. The summed E-state index contributed by atoms with van der Waals surface area (Å²) < 4.78 is 11.7. The van der Waals surface area contributed by atoms with Crippen LogP contribution in [0.25, 0.3) is 10.4 Å². The van der Waals surface area contributed by atoms with Crippen LogP contribution in [0.1, 0.15) is 55.7 Å². The lowest BCUT2D eigenvalue weighted by molar-refractivity contribution is 0.0187. The molecule has 0 aliphatic carbocycles. The standard InChI is InChI=1S/C29H36N4O2S/c1-20(2)29(3,34-5)12-9-21-7-6-8-22(15-21)19-35-25-16-24(17-31-27(25)30)26-18-32-28(36-26)23-10-13-33(4)14-11-23/h6-8,15-18,20,23H,10-11,13-14,19H2,1-5H3,(H2,30,31). The summed E-state index contributed by atoms with van der Waals surface area (Å²) in [6, 6.07) is 10.0. The molecule has 1 fully saturated rings. The van der Waals surface area contributed by atoms with Gasteiger partial charge in [-0.1, -0.05) is 37.8 Å². The van der Waals surface area contributed by atoms with E-state index in [1.54, 1.807) is 24.6 Å². The molecule has 2 N–H and O–H groups in total. The molecule has 0 radical (unpaired) electrons. The smallest absolute Gasteiger partial charge is 0.166 e. The van der Waals surface area contributed by atoms with Crippen molar-refractivity contribution >= 4 is 17.2 Å². The minimum Gasteiger partial charge on any atom is -0.485 e. The van der Waals surface area contributed by atoms with Crippen LogP contribution in [-0.2, 0) is 11.3 Å². The van der Waals surface area contributed by atoms with Gasteiger partial charge in [-0.15, -0.1) is 11.3 Å². The number of hydrogen-bond acceptors (Lipinski definition) is 7. The second-order valence-electron chi connectivity index (χ2n) is 9.95. The number of methoxy groups -OCH3 is 1. The SMILES string of the molecule is COC(C)(C#Cc1cccc(COc2cc(-c3cnc(C4CCN(C)CC4)s3)cnc2N)c1)C(C)C. The summed E-state index contributed by atoms with van der Waals surface area (Å²) >= 11 is 1.74. The second-order valence-corrected chi connectivity index (χ2v) is 11.0. The third-order valence-electron chi connectivity index (χ3n) is 7.06. The molecular formula is C29H36N4O2S. The summed E-state index contributed by atoms with van der Waals surface area (Å²) in [4.78, 5) is 12.6. The Kier molecular flexibility index (Phi) is 8.30. The number of hydrogen-bond donors (Lipinski definition) is 1. The number of benzene rings is 1. The molecule has 36 heavy (non-hydrogen) atoms. The number of piperidine rings is 1. The first-order chi connectivity index (χ1) is 17.3. The Bertz CT molecular complexity index is 1240. The minimum atomic E-state index is -0.489. The van der Waals surface area contributed by atoms with Gasteiger partial charge in [-0.2, -0.15) is 0 Å². The molecule has 0 saturated carbocycles. The predicted molar refractivity (Wildman–Crippen MR) is 147 cm³/mol. The van der Waals surface area contributed by atoms with Crippen molar-refractivity contribution in [2.45, 2.75) is 51.7 Å². The van der Waals surface area contributed by atoms with Gasteiger partial charge in [-0.3, -0.25) is 0 Å². The first kappa shape index (κ1) is 26.2. The van der Waals surface area contributed by atoms with E-state index < -0.39 is 5.60 Å². The Balaban J connectivity index is 1.45. The first-order valence-electron chi connectivity index (χ1n) is 12.5. The van der Waals surface area contributed by atoms with E-state index in [0.717, 1.165) is 47.5 Å². The summed E-state index contributed by atoms with van der Waals surface area (Å²) in [6.07, 6.45) is 6.06. The van der Waals surface area contributed by atoms with E-state index in [1.807, 2.05) is 43.5 Å². The van der Waals surface area contributed by atoms with Crippen LogP contribution in [0.2, 0.25) is 0 Å². The lowest BCUT2D eigenvalue weighted by atomic mass is 9.92. The van der Waals surface area contributed by atoms with Crippen LogP contribution in [0.4, 0.5) is 5.82 Å². The molecule has 2 aromatic heterocycles. The molecular weight excluding hydrogens is 468 g/mol. The molecule has 4 rings (SSSR count). The number of nitrogens with two attached hydrogens (primary N) is 1. The fourth-order valence-electron chi connectivity index (χ4n) is 4.10. The Labute approximate surface area is 218 Å². The molecule has 1 saturated heterocycles. The van der Waals surface area contributed by atoms with Gasteiger partial charge >= 0.3 is 0 Å². The Hall–Kier alpha value is -2.92. The van der Waals surface area contributed by atoms with Crippen LogP contribution < -0.4 is 10.5 Å². The van der Waals surface area contributed by atoms with Crippen molar-refractivity contribution in [3.63, 3.8) is 0 Å². The quantitative estimate of drug-likeness (QED) is 0.423. The van der Waals surface area contributed by atoms with E-state index in [4.69, 9.17) is 20.2 Å². The fourth-order valence-corrected chi connectivity index (χ4v) is 5.17. The summed E-state index contributed by atoms with van der Waals surface area (Å²) in [7, 11) is 3.88. The Morgan fingerprint density at radius 3 is 2.69 bits per heavy atom. The van der Waals surface area contributed by atoms with Gasteiger partial charge < -0.3 is 20.1 Å². The number of nitrogens with zero attached hydrogens (tertiary/aromatic N) is 3. The molecule has 1 aliphatic rings. The zero-order chi connectivity index (χ0) is 25.7. The zero-order valence-corrected chi connectivity index (χ0v) is 22.7. The monoisotopic (exact) mass is 504 g/mol. The number of likely N-dealkylation sites (tertiary alicyclic amines) is 1. The van der Waals surface area contributed by atoms with E-state index in [2.05, 4.69) is 42.6 Å². The predicted octanol–water partition coefficient (Wildman–Crippen LogP) is 5.59. The molecule has 1 aromatic carbocycles. The highest BCUT2D eigenvalue weighted by Gasteiger charge is 2.25. The maximum absolute atomic E-state index is 6.15. The van der Waals surface area contributed by atoms with Gasteiger partial charge in [0.2, 0.25) is 0 Å². The van der Waals surface area contributed by atoms with Crippen LogP contribution >= 0.6 is 11.3 Å². The molecule has 3 aromatic rings. The van der Waals surface area contributed by atoms with Crippen LogP contribution in [0.5, 0.6) is 5.75 Å². The van der Waals surface area contributed by atoms with Gasteiger partial charge in [0.15, 0.2) is 11.6 Å². The summed E-state index contributed by atoms with van der Waals surface area (Å²) in [6.45, 7) is 8.85. The van der Waals surface area contributed by atoms with E-state index in [9.17, 15) is 0 Å². The highest BCUT2D eigenvalue weighted by molar-refractivity contribution is 7.15. The van der Waals surface area contributed by atoms with Crippen molar-refractivity contribution < 1.29 is 9.47 Å². The van der Waals surface area contributed by atoms with Gasteiger partial charge in [0.25, 0.3) is 0 Å². The highest BCUT2D eigenvalue weighted by atomic mass is 32.1. The van der Waals surface area contributed by atoms with Crippen molar-refractivity contribution in [3.05, 3.63) is 58.9 Å². The fraction of sp³-hybridized carbons (Fsp3) is 0.448. The third-order valence-corrected chi connectivity index (χ3v) is 8.27. The van der Waals surface area contributed by atoms with E-state index in [-0.39, 0.29) is 5.92 Å². The highest BCUT2D eigenvalue weighted by Crippen LogP contribution is 2.36. The number of thiazole rings is 1. The van der Waals surface area contributed by atoms with Crippen molar-refractivity contribution in [2.24, 2.45) is 5.92 Å². The number of anilines is 1. The zero-order valence-electron chi connectivity index (χ0n) is 21.9. The van der Waals surface area contributed by atoms with Crippen LogP contribution in [0.3, 0.4) is 0 Å². The summed E-state index contributed by atoms with van der Waals surface area (Å²) in [5.41, 5.74) is 8.57. The van der Waals surface area contributed by atoms with Crippen LogP contribution in [0.15, 0.2) is 42.7 Å². The summed E-state index contributed by atoms with van der Waals surface area (Å²) in [5, 5.41) is 1.21. The van der Waals surface area contributed by atoms with Gasteiger partial charge in [0.1, 0.15) is 12.2 Å². The van der Waals surface area contributed by atoms with Crippen molar-refractivity contribution in [1.82, 2.24) is 14.9 Å². The van der Waals surface area contributed by atoms with E-state index in [1.165, 1.54) is 5.01 Å². The van der Waals surface area contributed by atoms with Crippen LogP contribution in [-0.4, -0.2) is 47.7 Å². The molecule has 190 valence electrons. The maximum atomic E-state index is 6.15. The molecule has 0 bridgehead atoms. The lowest BCUT2D eigenvalue weighted by Crippen LogP contribution is -2.31. The first-order valence-corrected chi connectivity index (χ1v) is 13.3.